The lowest BCUT2D eigenvalue weighted by molar-refractivity contribution is 0.0692. The average molecular weight is 277 g/mol. The van der Waals surface area contributed by atoms with Crippen LogP contribution in [0.5, 0.6) is 0 Å². The van der Waals surface area contributed by atoms with Gasteiger partial charge in [0.15, 0.2) is 0 Å². The van der Waals surface area contributed by atoms with Crippen LogP contribution in [-0.4, -0.2) is 47.1 Å². The number of nitrogens with one attached hydrogen (secondary N) is 1. The third kappa shape index (κ3) is 2.63. The molecular formula is C15H23N3O2. The summed E-state index contributed by atoms with van der Waals surface area (Å²) in [5, 5.41) is 12.7. The SMILES string of the molecule is Cc1cc(NCC2(N(C)C)CCC2)c(C(=O)O)c(C)n1. The van der Waals surface area contributed by atoms with Gasteiger partial charge in [0.05, 0.1) is 11.4 Å². The molecule has 5 nitrogen and oxygen atoms in total. The van der Waals surface area contributed by atoms with E-state index in [1.807, 2.05) is 13.0 Å². The molecule has 0 spiro atoms. The van der Waals surface area contributed by atoms with Crippen LogP contribution in [0.1, 0.15) is 41.0 Å². The quantitative estimate of drug-likeness (QED) is 0.864. The van der Waals surface area contributed by atoms with Gasteiger partial charge in [-0.3, -0.25) is 4.98 Å². The average Bonchev–Trinajstić information content (AvgIpc) is 2.25. The molecule has 1 fully saturated rings. The summed E-state index contributed by atoms with van der Waals surface area (Å²) in [5.74, 6) is -0.926. The Kier molecular flexibility index (Phi) is 3.99. The zero-order valence-electron chi connectivity index (χ0n) is 12.7. The number of hydrogen-bond acceptors (Lipinski definition) is 4. The van der Waals surface area contributed by atoms with Crippen LogP contribution < -0.4 is 5.32 Å². The van der Waals surface area contributed by atoms with Crippen LogP contribution in [0.2, 0.25) is 0 Å². The molecule has 0 atom stereocenters. The number of hydrogen-bond donors (Lipinski definition) is 2. The minimum atomic E-state index is -0.926. The molecule has 1 aliphatic rings. The van der Waals surface area contributed by atoms with Gasteiger partial charge in [-0.2, -0.15) is 0 Å². The molecule has 0 aliphatic heterocycles. The number of rotatable bonds is 5. The van der Waals surface area contributed by atoms with E-state index in [0.29, 0.717) is 11.4 Å². The van der Waals surface area contributed by atoms with Gasteiger partial charge in [0, 0.05) is 17.8 Å². The van der Waals surface area contributed by atoms with E-state index in [-0.39, 0.29) is 11.1 Å². The smallest absolute Gasteiger partial charge is 0.339 e. The van der Waals surface area contributed by atoms with Crippen molar-refractivity contribution in [3.63, 3.8) is 0 Å². The van der Waals surface area contributed by atoms with Gasteiger partial charge >= 0.3 is 5.97 Å². The van der Waals surface area contributed by atoms with E-state index >= 15 is 0 Å². The first-order valence-corrected chi connectivity index (χ1v) is 6.98. The number of aryl methyl sites for hydroxylation is 2. The molecule has 0 bridgehead atoms. The molecule has 5 heteroatoms. The topological polar surface area (TPSA) is 65.5 Å². The van der Waals surface area contributed by atoms with E-state index in [0.717, 1.165) is 25.1 Å². The second kappa shape index (κ2) is 5.40. The molecule has 110 valence electrons. The lowest BCUT2D eigenvalue weighted by Crippen LogP contribution is -2.54. The second-order valence-electron chi connectivity index (χ2n) is 5.90. The minimum Gasteiger partial charge on any atom is -0.478 e. The van der Waals surface area contributed by atoms with E-state index in [1.54, 1.807) is 6.92 Å². The van der Waals surface area contributed by atoms with Gasteiger partial charge in [-0.15, -0.1) is 0 Å². The number of carbonyl (C=O) groups is 1. The van der Waals surface area contributed by atoms with Gasteiger partial charge in [0.2, 0.25) is 0 Å². The fourth-order valence-electron chi connectivity index (χ4n) is 2.86. The molecule has 1 aliphatic carbocycles. The van der Waals surface area contributed by atoms with Crippen molar-refractivity contribution in [3.8, 4) is 0 Å². The molecule has 1 heterocycles. The number of aromatic nitrogens is 1. The third-order valence-corrected chi connectivity index (χ3v) is 4.38. The van der Waals surface area contributed by atoms with Crippen molar-refractivity contribution in [1.29, 1.82) is 0 Å². The largest absolute Gasteiger partial charge is 0.478 e. The summed E-state index contributed by atoms with van der Waals surface area (Å²) in [6, 6.07) is 1.82. The van der Waals surface area contributed by atoms with Crippen LogP contribution in [0.15, 0.2) is 6.07 Å². The Morgan fingerprint density at radius 1 is 1.45 bits per heavy atom. The molecule has 0 amide bonds. The van der Waals surface area contributed by atoms with Gasteiger partial charge in [-0.25, -0.2) is 4.79 Å². The van der Waals surface area contributed by atoms with Crippen molar-refractivity contribution in [2.45, 2.75) is 38.6 Å². The predicted molar refractivity (Wildman–Crippen MR) is 79.4 cm³/mol. The molecule has 2 rings (SSSR count). The molecule has 0 radical (unpaired) electrons. The van der Waals surface area contributed by atoms with Gasteiger partial charge < -0.3 is 15.3 Å². The maximum Gasteiger partial charge on any atom is 0.339 e. The number of anilines is 1. The zero-order chi connectivity index (χ0) is 14.9. The first-order chi connectivity index (χ1) is 9.35. The van der Waals surface area contributed by atoms with E-state index in [4.69, 9.17) is 0 Å². The molecule has 2 N–H and O–H groups in total. The van der Waals surface area contributed by atoms with Gasteiger partial charge in [0.25, 0.3) is 0 Å². The lowest BCUT2D eigenvalue weighted by atomic mass is 9.75. The molecule has 0 saturated heterocycles. The van der Waals surface area contributed by atoms with E-state index in [9.17, 15) is 9.90 Å². The molecule has 20 heavy (non-hydrogen) atoms. The number of aromatic carboxylic acids is 1. The third-order valence-electron chi connectivity index (χ3n) is 4.38. The Bertz CT molecular complexity index is 522. The van der Waals surface area contributed by atoms with Crippen LogP contribution >= 0.6 is 0 Å². The standard InChI is InChI=1S/C15H23N3O2/c1-10-8-12(13(14(19)20)11(2)17-10)16-9-15(18(3)4)6-5-7-15/h8H,5-7,9H2,1-4H3,(H,16,17)(H,19,20). The Hall–Kier alpha value is -1.62. The predicted octanol–water partition coefficient (Wildman–Crippen LogP) is 2.29. The number of pyridine rings is 1. The summed E-state index contributed by atoms with van der Waals surface area (Å²) >= 11 is 0. The molecule has 1 saturated carbocycles. The maximum absolute atomic E-state index is 11.4. The van der Waals surface area contributed by atoms with Crippen LogP contribution in [0.25, 0.3) is 0 Å². The Morgan fingerprint density at radius 2 is 2.10 bits per heavy atom. The summed E-state index contributed by atoms with van der Waals surface area (Å²) in [5.41, 5.74) is 2.51. The molecule has 1 aromatic heterocycles. The first-order valence-electron chi connectivity index (χ1n) is 6.98. The number of likely N-dealkylation sites (N-methyl/N-ethyl adjacent to an activating group) is 1. The van der Waals surface area contributed by atoms with Crippen molar-refractivity contribution < 1.29 is 9.90 Å². The van der Waals surface area contributed by atoms with Crippen molar-refractivity contribution in [3.05, 3.63) is 23.0 Å². The summed E-state index contributed by atoms with van der Waals surface area (Å²) in [6.07, 6.45) is 3.54. The highest BCUT2D eigenvalue weighted by Crippen LogP contribution is 2.36. The van der Waals surface area contributed by atoms with Crippen molar-refractivity contribution in [2.75, 3.05) is 26.0 Å². The summed E-state index contributed by atoms with van der Waals surface area (Å²) in [6.45, 7) is 4.39. The summed E-state index contributed by atoms with van der Waals surface area (Å²) in [7, 11) is 4.17. The highest BCUT2D eigenvalue weighted by Gasteiger charge is 2.39. The Morgan fingerprint density at radius 3 is 2.55 bits per heavy atom. The monoisotopic (exact) mass is 277 g/mol. The van der Waals surface area contributed by atoms with E-state index in [1.165, 1.54) is 6.42 Å². The highest BCUT2D eigenvalue weighted by atomic mass is 16.4. The normalized spacial score (nSPS) is 16.9. The maximum atomic E-state index is 11.4. The molecule has 0 aromatic carbocycles. The highest BCUT2D eigenvalue weighted by molar-refractivity contribution is 5.95. The van der Waals surface area contributed by atoms with Gasteiger partial charge in [-0.1, -0.05) is 0 Å². The number of carboxylic acid groups (broad SMARTS) is 1. The zero-order valence-corrected chi connectivity index (χ0v) is 12.7. The summed E-state index contributed by atoms with van der Waals surface area (Å²) in [4.78, 5) is 17.9. The van der Waals surface area contributed by atoms with E-state index in [2.05, 4.69) is 29.3 Å². The Balaban J connectivity index is 2.23. The van der Waals surface area contributed by atoms with E-state index < -0.39 is 5.97 Å². The van der Waals surface area contributed by atoms with Gasteiger partial charge in [0.1, 0.15) is 5.56 Å². The fourth-order valence-corrected chi connectivity index (χ4v) is 2.86. The summed E-state index contributed by atoms with van der Waals surface area (Å²) < 4.78 is 0. The van der Waals surface area contributed by atoms with Crippen molar-refractivity contribution in [1.82, 2.24) is 9.88 Å². The number of carboxylic acids is 1. The minimum absolute atomic E-state index is 0.154. The number of nitrogens with zero attached hydrogens (tertiary/aromatic N) is 2. The van der Waals surface area contributed by atoms with Crippen molar-refractivity contribution in [2.24, 2.45) is 0 Å². The fraction of sp³-hybridized carbons (Fsp3) is 0.600. The molecule has 1 aromatic rings. The first kappa shape index (κ1) is 14.8. The molecular weight excluding hydrogens is 254 g/mol. The van der Waals surface area contributed by atoms with Crippen LogP contribution in [0, 0.1) is 13.8 Å². The van der Waals surface area contributed by atoms with Crippen LogP contribution in [0.3, 0.4) is 0 Å². The molecule has 0 unspecified atom stereocenters. The lowest BCUT2D eigenvalue weighted by Gasteiger charge is -2.47. The van der Waals surface area contributed by atoms with Crippen molar-refractivity contribution >= 4 is 11.7 Å². The van der Waals surface area contributed by atoms with Gasteiger partial charge in [-0.05, 0) is 53.3 Å². The van der Waals surface area contributed by atoms with Crippen LogP contribution in [-0.2, 0) is 0 Å². The second-order valence-corrected chi connectivity index (χ2v) is 5.90. The Labute approximate surface area is 120 Å². The van der Waals surface area contributed by atoms with Crippen LogP contribution in [0.4, 0.5) is 5.69 Å².